The number of rotatable bonds is 8. The van der Waals surface area contributed by atoms with Gasteiger partial charge in [-0.1, -0.05) is 53.7 Å². The summed E-state index contributed by atoms with van der Waals surface area (Å²) in [5.41, 5.74) is -2.26. The standard InChI is InChI=1S/C31H23F7N2O3S/c1-16-19(14-20-21(31(36,37)38)11-7-12-22(20)32)29-40(23(15-44-29)27(39-42-2)17-8-4-3-5-9-17)28(41)25(16)18-10-6-13-24(26(18)33)43-30(34)35/h3-13,23,30H,14-15H2,1-2H3. The number of thioether (sulfide) groups is 1. The van der Waals surface area contributed by atoms with Gasteiger partial charge in [0.2, 0.25) is 0 Å². The topological polar surface area (TPSA) is 52.8 Å². The molecule has 1 aromatic heterocycles. The maximum atomic E-state index is 15.7. The molecule has 5 nitrogen and oxygen atoms in total. The molecule has 0 N–H and O–H groups in total. The first-order chi connectivity index (χ1) is 20.9. The average molecular weight is 637 g/mol. The van der Waals surface area contributed by atoms with Crippen molar-refractivity contribution >= 4 is 17.5 Å². The van der Waals surface area contributed by atoms with Gasteiger partial charge in [-0.3, -0.25) is 9.36 Å². The number of ether oxygens (including phenoxy) is 1. The van der Waals surface area contributed by atoms with Crippen LogP contribution in [0.3, 0.4) is 0 Å². The molecule has 0 spiro atoms. The lowest BCUT2D eigenvalue weighted by atomic mass is 9.92. The number of aromatic nitrogens is 1. The van der Waals surface area contributed by atoms with Crippen molar-refractivity contribution in [3.63, 3.8) is 0 Å². The van der Waals surface area contributed by atoms with Crippen LogP contribution in [0, 0.1) is 18.6 Å². The quantitative estimate of drug-likeness (QED) is 0.112. The largest absolute Gasteiger partial charge is 0.432 e. The third-order valence-corrected chi connectivity index (χ3v) is 8.43. The second-order valence-electron chi connectivity index (χ2n) is 9.75. The van der Waals surface area contributed by atoms with Crippen LogP contribution < -0.4 is 10.3 Å². The molecule has 230 valence electrons. The van der Waals surface area contributed by atoms with Crippen LogP contribution in [0.25, 0.3) is 11.1 Å². The fourth-order valence-corrected chi connectivity index (χ4v) is 6.68. The first-order valence-electron chi connectivity index (χ1n) is 13.1. The van der Waals surface area contributed by atoms with Crippen LogP contribution in [0.1, 0.15) is 33.9 Å². The first-order valence-corrected chi connectivity index (χ1v) is 14.1. The van der Waals surface area contributed by atoms with Crippen LogP contribution in [0.2, 0.25) is 0 Å². The van der Waals surface area contributed by atoms with Crippen molar-refractivity contribution in [1.29, 1.82) is 0 Å². The molecule has 0 fully saturated rings. The van der Waals surface area contributed by atoms with Gasteiger partial charge < -0.3 is 9.57 Å². The Kier molecular flexibility index (Phi) is 8.78. The monoisotopic (exact) mass is 636 g/mol. The minimum Gasteiger partial charge on any atom is -0.432 e. The number of halogens is 7. The van der Waals surface area contributed by atoms with Gasteiger partial charge in [-0.15, -0.1) is 11.8 Å². The Hall–Kier alpha value is -4.26. The molecule has 5 rings (SSSR count). The molecule has 0 saturated heterocycles. The molecular weight excluding hydrogens is 613 g/mol. The summed E-state index contributed by atoms with van der Waals surface area (Å²) in [5.74, 6) is -3.02. The maximum absolute atomic E-state index is 15.7. The normalized spacial score (nSPS) is 15.0. The van der Waals surface area contributed by atoms with Crippen LogP contribution in [-0.4, -0.2) is 29.8 Å². The summed E-state index contributed by atoms with van der Waals surface area (Å²) in [5, 5.41) is 4.37. The van der Waals surface area contributed by atoms with Gasteiger partial charge in [-0.2, -0.15) is 22.0 Å². The Labute approximate surface area is 250 Å². The number of alkyl halides is 5. The van der Waals surface area contributed by atoms with Crippen molar-refractivity contribution in [2.75, 3.05) is 12.9 Å². The lowest BCUT2D eigenvalue weighted by molar-refractivity contribution is -0.138. The lowest BCUT2D eigenvalue weighted by Crippen LogP contribution is -2.32. The first kappa shape index (κ1) is 31.2. The number of benzene rings is 3. The van der Waals surface area contributed by atoms with Crippen molar-refractivity contribution in [2.45, 2.75) is 37.2 Å². The van der Waals surface area contributed by atoms with Crippen molar-refractivity contribution < 1.29 is 40.3 Å². The molecule has 0 aliphatic carbocycles. The SMILES string of the molecule is CON=C(c1ccccc1)C1CSc2c(Cc3c(F)cccc3C(F)(F)F)c(C)c(-c3cccc(OC(F)F)c3F)c(=O)n21. The fourth-order valence-electron chi connectivity index (χ4n) is 5.31. The van der Waals surface area contributed by atoms with Gasteiger partial charge in [0.05, 0.1) is 22.2 Å². The summed E-state index contributed by atoms with van der Waals surface area (Å²) in [7, 11) is 1.31. The van der Waals surface area contributed by atoms with Gasteiger partial charge >= 0.3 is 12.8 Å². The highest BCUT2D eigenvalue weighted by Gasteiger charge is 2.38. The molecule has 1 aliphatic heterocycles. The van der Waals surface area contributed by atoms with E-state index in [-0.39, 0.29) is 27.5 Å². The zero-order chi connectivity index (χ0) is 31.8. The number of hydrogen-bond acceptors (Lipinski definition) is 5. The molecule has 1 aliphatic rings. The van der Waals surface area contributed by atoms with E-state index in [0.29, 0.717) is 11.3 Å². The van der Waals surface area contributed by atoms with Gasteiger partial charge in [-0.25, -0.2) is 8.78 Å². The summed E-state index contributed by atoms with van der Waals surface area (Å²) in [6.45, 7) is -1.96. The third-order valence-electron chi connectivity index (χ3n) is 7.23. The third kappa shape index (κ3) is 5.80. The molecular formula is C31H23F7N2O3S. The number of pyridine rings is 1. The van der Waals surface area contributed by atoms with Crippen molar-refractivity contribution in [3.05, 3.63) is 117 Å². The summed E-state index contributed by atoms with van der Waals surface area (Å²) < 4.78 is 104. The number of fused-ring (bicyclic) bond motifs is 1. The minimum absolute atomic E-state index is 0.0591. The van der Waals surface area contributed by atoms with E-state index in [4.69, 9.17) is 4.84 Å². The molecule has 0 bridgehead atoms. The van der Waals surface area contributed by atoms with Gasteiger partial charge in [0.1, 0.15) is 18.6 Å². The molecule has 3 aromatic carbocycles. The molecule has 1 unspecified atom stereocenters. The van der Waals surface area contributed by atoms with E-state index < -0.39 is 64.9 Å². The highest BCUT2D eigenvalue weighted by Crippen LogP contribution is 2.43. The molecule has 13 heteroatoms. The van der Waals surface area contributed by atoms with Crippen molar-refractivity contribution in [3.8, 4) is 16.9 Å². The Morgan fingerprint density at radius 3 is 2.39 bits per heavy atom. The van der Waals surface area contributed by atoms with E-state index in [1.807, 2.05) is 0 Å². The second kappa shape index (κ2) is 12.4. The lowest BCUT2D eigenvalue weighted by Gasteiger charge is -2.22. The molecule has 0 saturated carbocycles. The highest BCUT2D eigenvalue weighted by atomic mass is 32.2. The van der Waals surface area contributed by atoms with Crippen LogP contribution in [0.5, 0.6) is 5.75 Å². The molecule has 44 heavy (non-hydrogen) atoms. The molecule has 0 radical (unpaired) electrons. The maximum Gasteiger partial charge on any atom is 0.416 e. The van der Waals surface area contributed by atoms with Crippen molar-refractivity contribution in [2.24, 2.45) is 5.16 Å². The Balaban J connectivity index is 1.82. The zero-order valence-corrected chi connectivity index (χ0v) is 23.9. The highest BCUT2D eigenvalue weighted by molar-refractivity contribution is 7.99. The Morgan fingerprint density at radius 2 is 1.73 bits per heavy atom. The molecule has 4 aromatic rings. The number of nitrogens with zero attached hydrogens (tertiary/aromatic N) is 2. The zero-order valence-electron chi connectivity index (χ0n) is 23.1. The minimum atomic E-state index is -4.89. The molecule has 0 amide bonds. The molecule has 1 atom stereocenters. The number of hydrogen-bond donors (Lipinski definition) is 0. The van der Waals surface area contributed by atoms with E-state index in [2.05, 4.69) is 9.89 Å². The number of oxime groups is 1. The summed E-state index contributed by atoms with van der Waals surface area (Å²) in [6.07, 6.45) is -5.50. The van der Waals surface area contributed by atoms with E-state index in [0.717, 1.165) is 36.0 Å². The van der Waals surface area contributed by atoms with Crippen LogP contribution >= 0.6 is 11.8 Å². The van der Waals surface area contributed by atoms with Gasteiger partial charge in [0, 0.05) is 28.9 Å². The van der Waals surface area contributed by atoms with Crippen LogP contribution in [0.15, 0.2) is 81.7 Å². The van der Waals surface area contributed by atoms with Gasteiger partial charge in [-0.05, 0) is 36.2 Å². The summed E-state index contributed by atoms with van der Waals surface area (Å²) >= 11 is 1.14. The molecule has 2 heterocycles. The Bertz CT molecular complexity index is 1790. The van der Waals surface area contributed by atoms with E-state index in [9.17, 15) is 26.7 Å². The van der Waals surface area contributed by atoms with E-state index in [1.165, 1.54) is 30.7 Å². The smallest absolute Gasteiger partial charge is 0.416 e. The van der Waals surface area contributed by atoms with Crippen LogP contribution in [-0.2, 0) is 17.4 Å². The van der Waals surface area contributed by atoms with Gasteiger partial charge in [0.25, 0.3) is 5.56 Å². The van der Waals surface area contributed by atoms with E-state index >= 15 is 8.78 Å². The predicted octanol–water partition coefficient (Wildman–Crippen LogP) is 8.01. The summed E-state index contributed by atoms with van der Waals surface area (Å²) in [4.78, 5) is 19.3. The summed E-state index contributed by atoms with van der Waals surface area (Å²) in [6, 6.07) is 13.8. The van der Waals surface area contributed by atoms with Crippen molar-refractivity contribution in [1.82, 2.24) is 4.57 Å². The second-order valence-corrected chi connectivity index (χ2v) is 10.8. The average Bonchev–Trinajstić information content (AvgIpc) is 3.41. The Morgan fingerprint density at radius 1 is 1.02 bits per heavy atom. The fraction of sp³-hybridized carbons (Fsp3) is 0.226. The van der Waals surface area contributed by atoms with Gasteiger partial charge in [0.15, 0.2) is 11.6 Å². The van der Waals surface area contributed by atoms with Crippen LogP contribution in [0.4, 0.5) is 30.7 Å². The van der Waals surface area contributed by atoms with E-state index in [1.54, 1.807) is 30.3 Å². The predicted molar refractivity (Wildman–Crippen MR) is 151 cm³/mol.